The molecule has 0 saturated carbocycles. The molecule has 1 amide bonds. The van der Waals surface area contributed by atoms with E-state index in [2.05, 4.69) is 26.9 Å². The molecule has 1 aromatic heterocycles. The molecule has 158 valence electrons. The molecular weight excluding hydrogens is 410 g/mol. The molecular formula is C24H23N3O3S. The van der Waals surface area contributed by atoms with Crippen LogP contribution in [0.1, 0.15) is 28.8 Å². The highest BCUT2D eigenvalue weighted by atomic mass is 32.2. The summed E-state index contributed by atoms with van der Waals surface area (Å²) in [7, 11) is -3.67. The second-order valence-corrected chi connectivity index (χ2v) is 8.75. The molecule has 0 aliphatic rings. The number of nitrogens with one attached hydrogen (secondary N) is 2. The number of benzene rings is 2. The van der Waals surface area contributed by atoms with Gasteiger partial charge in [-0.25, -0.2) is 18.1 Å². The smallest absolute Gasteiger partial charge is 0.240 e. The first-order chi connectivity index (χ1) is 14.8. The van der Waals surface area contributed by atoms with Crippen LogP contribution in [0.3, 0.4) is 0 Å². The topological polar surface area (TPSA) is 88.2 Å². The molecule has 7 heteroatoms. The summed E-state index contributed by atoms with van der Waals surface area (Å²) < 4.78 is 27.4. The van der Waals surface area contributed by atoms with Gasteiger partial charge in [0.15, 0.2) is 0 Å². The normalized spacial score (nSPS) is 10.8. The molecule has 0 aliphatic heterocycles. The second kappa shape index (κ2) is 10.0. The summed E-state index contributed by atoms with van der Waals surface area (Å²) in [5.41, 5.74) is 3.64. The van der Waals surface area contributed by atoms with Crippen LogP contribution in [0.25, 0.3) is 0 Å². The fourth-order valence-corrected chi connectivity index (χ4v) is 4.20. The SMILES string of the molecule is Cc1ccc(S(=O)(=O)NCCC(=O)Nc2cccc(C#Cc3ccccn3)c2)c(C)c1. The van der Waals surface area contributed by atoms with Crippen LogP contribution in [0.2, 0.25) is 0 Å². The Morgan fingerprint density at radius 3 is 2.58 bits per heavy atom. The van der Waals surface area contributed by atoms with Gasteiger partial charge in [0.25, 0.3) is 0 Å². The van der Waals surface area contributed by atoms with Crippen LogP contribution in [0.4, 0.5) is 5.69 Å². The van der Waals surface area contributed by atoms with Crippen molar-refractivity contribution in [3.05, 3.63) is 89.2 Å². The number of nitrogens with zero attached hydrogens (tertiary/aromatic N) is 1. The predicted molar refractivity (Wildman–Crippen MR) is 121 cm³/mol. The van der Waals surface area contributed by atoms with E-state index < -0.39 is 10.0 Å². The number of carbonyl (C=O) groups excluding carboxylic acids is 1. The summed E-state index contributed by atoms with van der Waals surface area (Å²) in [5.74, 6) is 5.68. The quantitative estimate of drug-likeness (QED) is 0.583. The third-order valence-corrected chi connectivity index (χ3v) is 6.03. The van der Waals surface area contributed by atoms with Gasteiger partial charge in [0.1, 0.15) is 5.69 Å². The first-order valence-corrected chi connectivity index (χ1v) is 11.2. The molecule has 0 radical (unpaired) electrons. The monoisotopic (exact) mass is 433 g/mol. The molecule has 3 aromatic rings. The van der Waals surface area contributed by atoms with E-state index in [0.717, 1.165) is 11.1 Å². The Balaban J connectivity index is 1.56. The van der Waals surface area contributed by atoms with E-state index >= 15 is 0 Å². The van der Waals surface area contributed by atoms with Crippen LogP contribution in [0.5, 0.6) is 0 Å². The lowest BCUT2D eigenvalue weighted by atomic mass is 10.2. The van der Waals surface area contributed by atoms with E-state index in [1.807, 2.05) is 37.3 Å². The van der Waals surface area contributed by atoms with E-state index in [9.17, 15) is 13.2 Å². The summed E-state index contributed by atoms with van der Waals surface area (Å²) in [6.07, 6.45) is 1.68. The fourth-order valence-electron chi connectivity index (χ4n) is 2.95. The average molecular weight is 434 g/mol. The van der Waals surface area contributed by atoms with Crippen molar-refractivity contribution in [2.45, 2.75) is 25.2 Å². The van der Waals surface area contributed by atoms with Gasteiger partial charge < -0.3 is 5.32 Å². The third-order valence-electron chi connectivity index (χ3n) is 4.41. The Kier molecular flexibility index (Phi) is 7.19. The van der Waals surface area contributed by atoms with E-state index in [1.54, 1.807) is 43.5 Å². The lowest BCUT2D eigenvalue weighted by Crippen LogP contribution is -2.28. The van der Waals surface area contributed by atoms with Crippen LogP contribution in [-0.2, 0) is 14.8 Å². The Bertz CT molecular complexity index is 1240. The Morgan fingerprint density at radius 2 is 1.84 bits per heavy atom. The Hall–Kier alpha value is -3.47. The summed E-state index contributed by atoms with van der Waals surface area (Å²) in [4.78, 5) is 16.6. The van der Waals surface area contributed by atoms with Crippen LogP contribution < -0.4 is 10.0 Å². The molecule has 0 aliphatic carbocycles. The van der Waals surface area contributed by atoms with Gasteiger partial charge in [-0.3, -0.25) is 4.79 Å². The van der Waals surface area contributed by atoms with Gasteiger partial charge in [0, 0.05) is 30.4 Å². The van der Waals surface area contributed by atoms with Gasteiger partial charge in [-0.1, -0.05) is 35.7 Å². The Morgan fingerprint density at radius 1 is 1.00 bits per heavy atom. The minimum Gasteiger partial charge on any atom is -0.326 e. The third kappa shape index (κ3) is 6.51. The molecule has 0 unspecified atom stereocenters. The van der Waals surface area contributed by atoms with Crippen molar-refractivity contribution in [1.29, 1.82) is 0 Å². The van der Waals surface area contributed by atoms with E-state index in [4.69, 9.17) is 0 Å². The minimum absolute atomic E-state index is 0.000651. The molecule has 2 aromatic carbocycles. The lowest BCUT2D eigenvalue weighted by molar-refractivity contribution is -0.116. The summed E-state index contributed by atoms with van der Waals surface area (Å²) in [6.45, 7) is 3.65. The highest BCUT2D eigenvalue weighted by Crippen LogP contribution is 2.16. The van der Waals surface area contributed by atoms with Gasteiger partial charge in [-0.15, -0.1) is 0 Å². The fraction of sp³-hybridized carbons (Fsp3) is 0.167. The van der Waals surface area contributed by atoms with Gasteiger partial charge in [-0.2, -0.15) is 0 Å². The number of hydrogen-bond acceptors (Lipinski definition) is 4. The first kappa shape index (κ1) is 22.2. The van der Waals surface area contributed by atoms with E-state index in [-0.39, 0.29) is 23.8 Å². The van der Waals surface area contributed by atoms with Gasteiger partial charge in [-0.05, 0) is 61.7 Å². The zero-order valence-electron chi connectivity index (χ0n) is 17.3. The molecule has 3 rings (SSSR count). The van der Waals surface area contributed by atoms with Gasteiger partial charge in [0.2, 0.25) is 15.9 Å². The molecule has 0 spiro atoms. The highest BCUT2D eigenvalue weighted by Gasteiger charge is 2.16. The van der Waals surface area contributed by atoms with Crippen LogP contribution in [0.15, 0.2) is 71.8 Å². The molecule has 0 saturated heterocycles. The zero-order valence-corrected chi connectivity index (χ0v) is 18.2. The number of aryl methyl sites for hydroxylation is 2. The number of amides is 1. The van der Waals surface area contributed by atoms with Crippen molar-refractivity contribution in [1.82, 2.24) is 9.71 Å². The van der Waals surface area contributed by atoms with E-state index in [0.29, 0.717) is 16.9 Å². The first-order valence-electron chi connectivity index (χ1n) is 9.73. The van der Waals surface area contributed by atoms with Gasteiger partial charge in [0.05, 0.1) is 4.90 Å². The largest absolute Gasteiger partial charge is 0.326 e. The maximum atomic E-state index is 12.5. The van der Waals surface area contributed by atoms with Crippen LogP contribution in [0, 0.1) is 25.7 Å². The van der Waals surface area contributed by atoms with Crippen molar-refractivity contribution in [2.75, 3.05) is 11.9 Å². The number of pyridine rings is 1. The average Bonchev–Trinajstić information content (AvgIpc) is 2.73. The number of hydrogen-bond donors (Lipinski definition) is 2. The van der Waals surface area contributed by atoms with Gasteiger partial charge >= 0.3 is 0 Å². The standard InChI is InChI=1S/C24H23N3O3S/c1-18-9-12-23(19(2)16-18)31(29,30)26-15-13-24(28)27-22-8-5-6-20(17-22)10-11-21-7-3-4-14-25-21/h3-9,12,14,16-17,26H,13,15H2,1-2H3,(H,27,28). The summed E-state index contributed by atoms with van der Waals surface area (Å²) in [5, 5.41) is 2.77. The van der Waals surface area contributed by atoms with Crippen molar-refractivity contribution >= 4 is 21.6 Å². The molecule has 6 nitrogen and oxygen atoms in total. The lowest BCUT2D eigenvalue weighted by Gasteiger charge is -2.10. The highest BCUT2D eigenvalue weighted by molar-refractivity contribution is 7.89. The van der Waals surface area contributed by atoms with Crippen molar-refractivity contribution < 1.29 is 13.2 Å². The van der Waals surface area contributed by atoms with Crippen molar-refractivity contribution in [3.63, 3.8) is 0 Å². The number of sulfonamides is 1. The second-order valence-electron chi connectivity index (χ2n) is 7.01. The van der Waals surface area contributed by atoms with Crippen molar-refractivity contribution in [3.8, 4) is 11.8 Å². The molecule has 1 heterocycles. The minimum atomic E-state index is -3.67. The maximum absolute atomic E-state index is 12.5. The van der Waals surface area contributed by atoms with Crippen LogP contribution >= 0.6 is 0 Å². The summed E-state index contributed by atoms with van der Waals surface area (Å²) in [6, 6.07) is 17.8. The number of anilines is 1. The Labute approximate surface area is 182 Å². The maximum Gasteiger partial charge on any atom is 0.240 e. The molecule has 0 atom stereocenters. The van der Waals surface area contributed by atoms with Crippen molar-refractivity contribution in [2.24, 2.45) is 0 Å². The zero-order chi connectivity index (χ0) is 22.3. The molecule has 2 N–H and O–H groups in total. The summed E-state index contributed by atoms with van der Waals surface area (Å²) >= 11 is 0. The number of aromatic nitrogens is 1. The molecule has 0 bridgehead atoms. The van der Waals surface area contributed by atoms with Crippen LogP contribution in [-0.4, -0.2) is 25.9 Å². The number of carbonyl (C=O) groups is 1. The predicted octanol–water partition coefficient (Wildman–Crippen LogP) is 3.41. The molecule has 31 heavy (non-hydrogen) atoms. The molecule has 0 fully saturated rings. The number of rotatable bonds is 6. The van der Waals surface area contributed by atoms with E-state index in [1.165, 1.54) is 0 Å².